The van der Waals surface area contributed by atoms with Crippen LogP contribution >= 0.6 is 0 Å². The van der Waals surface area contributed by atoms with E-state index in [1.54, 1.807) is 12.1 Å². The van der Waals surface area contributed by atoms with Gasteiger partial charge in [0.1, 0.15) is 5.82 Å². The highest BCUT2D eigenvalue weighted by molar-refractivity contribution is 5.94. The number of rotatable bonds is 2. The Balaban J connectivity index is 2.06. The van der Waals surface area contributed by atoms with Gasteiger partial charge in [-0.2, -0.15) is 0 Å². The fourth-order valence-corrected chi connectivity index (χ4v) is 2.13. The summed E-state index contributed by atoms with van der Waals surface area (Å²) < 4.78 is 13.5. The lowest BCUT2D eigenvalue weighted by molar-refractivity contribution is 0.0934. The fraction of sp³-hybridized carbons (Fsp3) is 0.462. The molecule has 3 nitrogen and oxygen atoms in total. The number of carbonyl (C=O) groups excluding carboxylic acids is 1. The van der Waals surface area contributed by atoms with Gasteiger partial charge in [-0.1, -0.05) is 11.6 Å². The number of likely N-dealkylation sites (tertiary alicyclic amines) is 1. The summed E-state index contributed by atoms with van der Waals surface area (Å²) in [5.74, 6) is -0.772. The van der Waals surface area contributed by atoms with E-state index in [1.165, 1.54) is 6.07 Å². The molecule has 0 aliphatic carbocycles. The van der Waals surface area contributed by atoms with Crippen molar-refractivity contribution in [2.45, 2.75) is 19.4 Å². The molecule has 1 aliphatic heterocycles. The van der Waals surface area contributed by atoms with Crippen molar-refractivity contribution < 1.29 is 9.18 Å². The van der Waals surface area contributed by atoms with E-state index >= 15 is 0 Å². The average Bonchev–Trinajstić information content (AvgIpc) is 2.67. The number of aryl methyl sites for hydroxylation is 1. The first kappa shape index (κ1) is 12.0. The number of hydrogen-bond donors (Lipinski definition) is 1. The Bertz CT molecular complexity index is 433. The molecule has 0 spiro atoms. The van der Waals surface area contributed by atoms with Crippen molar-refractivity contribution in [1.82, 2.24) is 10.2 Å². The minimum absolute atomic E-state index is 0.132. The van der Waals surface area contributed by atoms with Crippen molar-refractivity contribution in [2.24, 2.45) is 0 Å². The zero-order chi connectivity index (χ0) is 12.4. The van der Waals surface area contributed by atoms with E-state index < -0.39 is 5.82 Å². The fourth-order valence-electron chi connectivity index (χ4n) is 2.13. The molecule has 0 aromatic heterocycles. The normalized spacial score (nSPS) is 20.5. The van der Waals surface area contributed by atoms with E-state index in [4.69, 9.17) is 0 Å². The number of benzene rings is 1. The first-order valence-electron chi connectivity index (χ1n) is 5.82. The summed E-state index contributed by atoms with van der Waals surface area (Å²) >= 11 is 0. The van der Waals surface area contributed by atoms with Crippen LogP contribution in [0, 0.1) is 12.7 Å². The second-order valence-corrected chi connectivity index (χ2v) is 4.70. The third-order valence-electron chi connectivity index (χ3n) is 3.09. The quantitative estimate of drug-likeness (QED) is 0.845. The Morgan fingerprint density at radius 2 is 2.29 bits per heavy atom. The molecule has 1 fully saturated rings. The molecule has 1 aromatic carbocycles. The van der Waals surface area contributed by atoms with Crippen LogP contribution < -0.4 is 5.32 Å². The van der Waals surface area contributed by atoms with Crippen LogP contribution in [0.3, 0.4) is 0 Å². The zero-order valence-electron chi connectivity index (χ0n) is 10.2. The molecule has 1 atom stereocenters. The first-order valence-corrected chi connectivity index (χ1v) is 5.82. The number of halogens is 1. The van der Waals surface area contributed by atoms with Gasteiger partial charge in [0.15, 0.2) is 0 Å². The van der Waals surface area contributed by atoms with Crippen LogP contribution in [0.4, 0.5) is 4.39 Å². The monoisotopic (exact) mass is 236 g/mol. The molecule has 1 saturated heterocycles. The van der Waals surface area contributed by atoms with Crippen LogP contribution in [0.2, 0.25) is 0 Å². The lowest BCUT2D eigenvalue weighted by atomic mass is 10.1. The van der Waals surface area contributed by atoms with Crippen molar-refractivity contribution in [3.8, 4) is 0 Å². The molecule has 1 amide bonds. The van der Waals surface area contributed by atoms with Crippen LogP contribution in [0.15, 0.2) is 18.2 Å². The minimum Gasteiger partial charge on any atom is -0.348 e. The predicted molar refractivity (Wildman–Crippen MR) is 64.5 cm³/mol. The molecule has 1 N–H and O–H groups in total. The lowest BCUT2D eigenvalue weighted by Gasteiger charge is -2.13. The summed E-state index contributed by atoms with van der Waals surface area (Å²) in [6.07, 6.45) is 0.926. The molecule has 2 rings (SSSR count). The van der Waals surface area contributed by atoms with E-state index in [0.717, 1.165) is 25.1 Å². The molecule has 92 valence electrons. The Morgan fingerprint density at radius 3 is 2.94 bits per heavy atom. The van der Waals surface area contributed by atoms with Crippen LogP contribution in [-0.4, -0.2) is 37.0 Å². The number of nitrogens with one attached hydrogen (secondary N) is 1. The SMILES string of the molecule is Cc1ccc(F)c(C(=O)NC2CCN(C)C2)c1. The molecule has 0 radical (unpaired) electrons. The third kappa shape index (κ3) is 2.82. The summed E-state index contributed by atoms with van der Waals surface area (Å²) in [7, 11) is 2.01. The largest absolute Gasteiger partial charge is 0.348 e. The van der Waals surface area contributed by atoms with Gasteiger partial charge in [0.25, 0.3) is 5.91 Å². The van der Waals surface area contributed by atoms with E-state index in [2.05, 4.69) is 10.2 Å². The van der Waals surface area contributed by atoms with Gasteiger partial charge in [-0.05, 0) is 39.1 Å². The average molecular weight is 236 g/mol. The summed E-state index contributed by atoms with van der Waals surface area (Å²) in [6.45, 7) is 3.65. The van der Waals surface area contributed by atoms with E-state index in [1.807, 2.05) is 14.0 Å². The highest BCUT2D eigenvalue weighted by Crippen LogP contribution is 2.12. The third-order valence-corrected chi connectivity index (χ3v) is 3.09. The van der Waals surface area contributed by atoms with Crippen molar-refractivity contribution in [2.75, 3.05) is 20.1 Å². The summed E-state index contributed by atoms with van der Waals surface area (Å²) in [4.78, 5) is 14.1. The molecule has 0 bridgehead atoms. The van der Waals surface area contributed by atoms with Gasteiger partial charge in [-0.15, -0.1) is 0 Å². The molecule has 1 heterocycles. The maximum absolute atomic E-state index is 13.5. The van der Waals surface area contributed by atoms with Crippen LogP contribution in [0.1, 0.15) is 22.3 Å². The van der Waals surface area contributed by atoms with Crippen LogP contribution in [-0.2, 0) is 0 Å². The summed E-state index contributed by atoms with van der Waals surface area (Å²) in [6, 6.07) is 4.72. The van der Waals surface area contributed by atoms with Gasteiger partial charge in [0.05, 0.1) is 5.56 Å². The summed E-state index contributed by atoms with van der Waals surface area (Å²) in [5, 5.41) is 2.87. The Morgan fingerprint density at radius 1 is 1.53 bits per heavy atom. The van der Waals surface area contributed by atoms with Gasteiger partial charge in [0.2, 0.25) is 0 Å². The number of amides is 1. The first-order chi connectivity index (χ1) is 8.06. The highest BCUT2D eigenvalue weighted by atomic mass is 19.1. The van der Waals surface area contributed by atoms with Crippen molar-refractivity contribution in [3.63, 3.8) is 0 Å². The lowest BCUT2D eigenvalue weighted by Crippen LogP contribution is -2.36. The number of nitrogens with zero attached hydrogens (tertiary/aromatic N) is 1. The molecule has 1 unspecified atom stereocenters. The topological polar surface area (TPSA) is 32.3 Å². The van der Waals surface area contributed by atoms with Gasteiger partial charge in [-0.3, -0.25) is 4.79 Å². The number of likely N-dealkylation sites (N-methyl/N-ethyl adjacent to an activating group) is 1. The van der Waals surface area contributed by atoms with E-state index in [0.29, 0.717) is 0 Å². The molecule has 0 saturated carbocycles. The van der Waals surface area contributed by atoms with Gasteiger partial charge < -0.3 is 10.2 Å². The maximum atomic E-state index is 13.5. The second-order valence-electron chi connectivity index (χ2n) is 4.70. The number of hydrogen-bond acceptors (Lipinski definition) is 2. The van der Waals surface area contributed by atoms with Crippen LogP contribution in [0.5, 0.6) is 0 Å². The molecular formula is C13H17FN2O. The van der Waals surface area contributed by atoms with Gasteiger partial charge in [-0.25, -0.2) is 4.39 Å². The smallest absolute Gasteiger partial charge is 0.254 e. The Kier molecular flexibility index (Phi) is 3.43. The van der Waals surface area contributed by atoms with E-state index in [9.17, 15) is 9.18 Å². The van der Waals surface area contributed by atoms with Crippen molar-refractivity contribution in [3.05, 3.63) is 35.1 Å². The second kappa shape index (κ2) is 4.84. The van der Waals surface area contributed by atoms with Crippen LogP contribution in [0.25, 0.3) is 0 Å². The van der Waals surface area contributed by atoms with Gasteiger partial charge in [0, 0.05) is 12.6 Å². The minimum atomic E-state index is -0.459. The van der Waals surface area contributed by atoms with Crippen molar-refractivity contribution in [1.29, 1.82) is 0 Å². The zero-order valence-corrected chi connectivity index (χ0v) is 10.2. The maximum Gasteiger partial charge on any atom is 0.254 e. The molecule has 17 heavy (non-hydrogen) atoms. The van der Waals surface area contributed by atoms with Gasteiger partial charge >= 0.3 is 0 Å². The predicted octanol–water partition coefficient (Wildman–Crippen LogP) is 1.57. The number of carbonyl (C=O) groups is 1. The van der Waals surface area contributed by atoms with Crippen molar-refractivity contribution >= 4 is 5.91 Å². The molecule has 4 heteroatoms. The Hall–Kier alpha value is -1.42. The van der Waals surface area contributed by atoms with E-state index in [-0.39, 0.29) is 17.5 Å². The standard InChI is InChI=1S/C13H17FN2O/c1-9-3-4-12(14)11(7-9)13(17)15-10-5-6-16(2)8-10/h3-4,7,10H,5-6,8H2,1-2H3,(H,15,17). The Labute approximate surface area is 101 Å². The molecule has 1 aromatic rings. The molecule has 1 aliphatic rings. The summed E-state index contributed by atoms with van der Waals surface area (Å²) in [5.41, 5.74) is 1.03. The highest BCUT2D eigenvalue weighted by Gasteiger charge is 2.22. The molecular weight excluding hydrogens is 219 g/mol.